The third kappa shape index (κ3) is 2.97. The van der Waals surface area contributed by atoms with E-state index < -0.39 is 12.1 Å². The average Bonchev–Trinajstić information content (AvgIpc) is 2.47. The maximum atomic E-state index is 11.5. The lowest BCUT2D eigenvalue weighted by molar-refractivity contribution is -0.153. The molecule has 0 saturated carbocycles. The first-order chi connectivity index (χ1) is 9.63. The van der Waals surface area contributed by atoms with Gasteiger partial charge in [0.2, 0.25) is 0 Å². The highest BCUT2D eigenvalue weighted by Crippen LogP contribution is 2.30. The molecule has 2 N–H and O–H groups in total. The molecule has 0 heterocycles. The van der Waals surface area contributed by atoms with Crippen molar-refractivity contribution in [1.82, 2.24) is 0 Å². The molecule has 20 heavy (non-hydrogen) atoms. The Bertz CT molecular complexity index is 593. The summed E-state index contributed by atoms with van der Waals surface area (Å²) in [7, 11) is 0. The van der Waals surface area contributed by atoms with Crippen molar-refractivity contribution >= 4 is 5.97 Å². The Morgan fingerprint density at radius 3 is 2.45 bits per heavy atom. The Kier molecular flexibility index (Phi) is 4.38. The smallest absolute Gasteiger partial charge is 0.339 e. The highest BCUT2D eigenvalue weighted by Gasteiger charge is 2.22. The van der Waals surface area contributed by atoms with Gasteiger partial charge in [0.1, 0.15) is 5.75 Å². The topological polar surface area (TPSA) is 66.8 Å². The van der Waals surface area contributed by atoms with Crippen LogP contribution in [0.25, 0.3) is 11.1 Å². The van der Waals surface area contributed by atoms with Crippen molar-refractivity contribution in [2.45, 2.75) is 13.0 Å². The molecule has 104 valence electrons. The maximum Gasteiger partial charge on any atom is 0.339 e. The van der Waals surface area contributed by atoms with Crippen molar-refractivity contribution in [3.63, 3.8) is 0 Å². The number of esters is 1. The number of carbonyl (C=O) groups excluding carboxylic acids is 1. The van der Waals surface area contributed by atoms with Crippen LogP contribution in [0.3, 0.4) is 0 Å². The summed E-state index contributed by atoms with van der Waals surface area (Å²) in [6.07, 6.45) is -1.47. The first kappa shape index (κ1) is 14.1. The number of hydrogen-bond donors (Lipinski definition) is 2. The molecule has 2 aromatic carbocycles. The number of aliphatic hydroxyl groups excluding tert-OH is 1. The van der Waals surface area contributed by atoms with Crippen molar-refractivity contribution in [2.24, 2.45) is 0 Å². The Hall–Kier alpha value is -2.33. The molecule has 4 heteroatoms. The quantitative estimate of drug-likeness (QED) is 0.840. The van der Waals surface area contributed by atoms with Crippen LogP contribution in [-0.4, -0.2) is 22.8 Å². The number of phenols is 1. The first-order valence-electron chi connectivity index (χ1n) is 6.36. The zero-order chi connectivity index (χ0) is 14.5. The van der Waals surface area contributed by atoms with E-state index in [1.54, 1.807) is 13.0 Å². The van der Waals surface area contributed by atoms with E-state index in [1.165, 1.54) is 12.1 Å². The molecule has 0 amide bonds. The minimum absolute atomic E-state index is 0.132. The van der Waals surface area contributed by atoms with E-state index >= 15 is 0 Å². The monoisotopic (exact) mass is 272 g/mol. The molecule has 0 saturated heterocycles. The van der Waals surface area contributed by atoms with Gasteiger partial charge in [-0.25, -0.2) is 4.79 Å². The molecule has 0 fully saturated rings. The van der Waals surface area contributed by atoms with Gasteiger partial charge in [-0.05, 0) is 24.1 Å². The van der Waals surface area contributed by atoms with Crippen LogP contribution in [0.1, 0.15) is 18.6 Å². The molecule has 1 unspecified atom stereocenters. The van der Waals surface area contributed by atoms with E-state index in [4.69, 9.17) is 4.74 Å². The van der Waals surface area contributed by atoms with Crippen LogP contribution in [-0.2, 0) is 9.53 Å². The number of aliphatic hydroxyl groups is 1. The summed E-state index contributed by atoms with van der Waals surface area (Å²) < 4.78 is 4.73. The van der Waals surface area contributed by atoms with Crippen molar-refractivity contribution < 1.29 is 19.7 Å². The minimum Gasteiger partial charge on any atom is -0.508 e. The Labute approximate surface area is 117 Å². The Balaban J connectivity index is 2.29. The van der Waals surface area contributed by atoms with Crippen molar-refractivity contribution in [3.05, 3.63) is 54.1 Å². The Morgan fingerprint density at radius 1 is 1.15 bits per heavy atom. The molecule has 2 aromatic rings. The van der Waals surface area contributed by atoms with Crippen LogP contribution in [0.4, 0.5) is 0 Å². The molecule has 0 radical (unpaired) electrons. The zero-order valence-electron chi connectivity index (χ0n) is 11.1. The molecule has 0 aliphatic carbocycles. The zero-order valence-corrected chi connectivity index (χ0v) is 11.1. The van der Waals surface area contributed by atoms with Crippen molar-refractivity contribution in [1.29, 1.82) is 0 Å². The second-order valence-electron chi connectivity index (χ2n) is 4.29. The molecule has 0 bridgehead atoms. The van der Waals surface area contributed by atoms with E-state index in [0.29, 0.717) is 0 Å². The number of phenolic OH excluding ortho intramolecular Hbond substituents is 1. The summed E-state index contributed by atoms with van der Waals surface area (Å²) in [4.78, 5) is 11.5. The predicted octanol–water partition coefficient (Wildman–Crippen LogP) is 2.66. The second-order valence-corrected chi connectivity index (χ2v) is 4.29. The standard InChI is InChI=1S/C16H16O4/c1-2-20-16(19)15(18)13-9-8-12(10-14(13)17)11-6-4-3-5-7-11/h3-10,15,17-18H,2H2,1H3. The normalized spacial score (nSPS) is 11.9. The molecule has 0 aliphatic heterocycles. The molecular formula is C16H16O4. The molecule has 4 nitrogen and oxygen atoms in total. The summed E-state index contributed by atoms with van der Waals surface area (Å²) in [5.74, 6) is -0.901. The van der Waals surface area contributed by atoms with Crippen molar-refractivity contribution in [3.8, 4) is 16.9 Å². The summed E-state index contributed by atoms with van der Waals surface area (Å²) in [5.41, 5.74) is 1.89. The number of hydrogen-bond acceptors (Lipinski definition) is 4. The van der Waals surface area contributed by atoms with Crippen LogP contribution >= 0.6 is 0 Å². The van der Waals surface area contributed by atoms with Gasteiger partial charge < -0.3 is 14.9 Å². The van der Waals surface area contributed by atoms with Gasteiger partial charge in [0.25, 0.3) is 0 Å². The van der Waals surface area contributed by atoms with E-state index in [2.05, 4.69) is 0 Å². The van der Waals surface area contributed by atoms with Gasteiger partial charge in [-0.3, -0.25) is 0 Å². The summed E-state index contributed by atoms with van der Waals surface area (Å²) >= 11 is 0. The van der Waals surface area contributed by atoms with E-state index in [1.807, 2.05) is 30.3 Å². The fraction of sp³-hybridized carbons (Fsp3) is 0.188. The van der Waals surface area contributed by atoms with Gasteiger partial charge in [0, 0.05) is 5.56 Å². The van der Waals surface area contributed by atoms with Crippen molar-refractivity contribution in [2.75, 3.05) is 6.61 Å². The lowest BCUT2D eigenvalue weighted by Crippen LogP contribution is -2.15. The van der Waals surface area contributed by atoms with Gasteiger partial charge in [-0.15, -0.1) is 0 Å². The largest absolute Gasteiger partial charge is 0.508 e. The average molecular weight is 272 g/mol. The van der Waals surface area contributed by atoms with Gasteiger partial charge in [-0.1, -0.05) is 42.5 Å². The second kappa shape index (κ2) is 6.21. The maximum absolute atomic E-state index is 11.5. The molecule has 2 rings (SSSR count). The van der Waals surface area contributed by atoms with Gasteiger partial charge in [-0.2, -0.15) is 0 Å². The lowest BCUT2D eigenvalue weighted by Gasteiger charge is -2.12. The summed E-state index contributed by atoms with van der Waals surface area (Å²) in [5, 5.41) is 19.8. The van der Waals surface area contributed by atoms with Crippen LogP contribution in [0.2, 0.25) is 0 Å². The minimum atomic E-state index is -1.47. The molecule has 0 spiro atoms. The third-order valence-electron chi connectivity index (χ3n) is 2.94. The number of benzene rings is 2. The molecule has 0 aliphatic rings. The van der Waals surface area contributed by atoms with Crippen LogP contribution in [0.15, 0.2) is 48.5 Å². The van der Waals surface area contributed by atoms with Gasteiger partial charge in [0.15, 0.2) is 6.10 Å². The van der Waals surface area contributed by atoms with E-state index in [0.717, 1.165) is 11.1 Å². The van der Waals surface area contributed by atoms with Gasteiger partial charge in [0.05, 0.1) is 6.61 Å². The predicted molar refractivity (Wildman–Crippen MR) is 75.1 cm³/mol. The number of aromatic hydroxyl groups is 1. The molecule has 0 aromatic heterocycles. The van der Waals surface area contributed by atoms with Crippen LogP contribution in [0, 0.1) is 0 Å². The third-order valence-corrected chi connectivity index (χ3v) is 2.94. The van der Waals surface area contributed by atoms with E-state index in [-0.39, 0.29) is 17.9 Å². The number of rotatable bonds is 4. The van der Waals surface area contributed by atoms with E-state index in [9.17, 15) is 15.0 Å². The first-order valence-corrected chi connectivity index (χ1v) is 6.36. The van der Waals surface area contributed by atoms with Crippen LogP contribution in [0.5, 0.6) is 5.75 Å². The highest BCUT2D eigenvalue weighted by molar-refractivity contribution is 5.78. The van der Waals surface area contributed by atoms with Gasteiger partial charge >= 0.3 is 5.97 Å². The number of ether oxygens (including phenoxy) is 1. The Morgan fingerprint density at radius 2 is 1.85 bits per heavy atom. The fourth-order valence-electron chi connectivity index (χ4n) is 1.93. The molecular weight excluding hydrogens is 256 g/mol. The fourth-order valence-corrected chi connectivity index (χ4v) is 1.93. The summed E-state index contributed by atoms with van der Waals surface area (Å²) in [6, 6.07) is 14.3. The SMILES string of the molecule is CCOC(=O)C(O)c1ccc(-c2ccccc2)cc1O. The highest BCUT2D eigenvalue weighted by atomic mass is 16.5. The molecule has 1 atom stereocenters. The lowest BCUT2D eigenvalue weighted by atomic mass is 10.0. The van der Waals surface area contributed by atoms with Crippen LogP contribution < -0.4 is 0 Å². The summed E-state index contributed by atoms with van der Waals surface area (Å²) in [6.45, 7) is 1.84. The number of carbonyl (C=O) groups is 1.